The quantitative estimate of drug-likeness (QED) is 0.670. The summed E-state index contributed by atoms with van der Waals surface area (Å²) in [4.78, 5) is 0. The van der Waals surface area contributed by atoms with Gasteiger partial charge in [0.2, 0.25) is 10.0 Å². The van der Waals surface area contributed by atoms with Crippen molar-refractivity contribution < 1.29 is 8.42 Å². The molecule has 3 N–H and O–H groups in total. The highest BCUT2D eigenvalue weighted by Gasteiger charge is 2.25. The number of sulfonamides is 1. The maximum Gasteiger partial charge on any atom is 0.212 e. The molecule has 0 rings (SSSR count). The highest BCUT2D eigenvalue weighted by molar-refractivity contribution is 7.89. The van der Waals surface area contributed by atoms with Crippen LogP contribution in [0, 0.1) is 0 Å². The molecule has 0 heterocycles. The molecule has 0 aromatic carbocycles. The molecular formula is C9H22N2O2S. The molecule has 14 heavy (non-hydrogen) atoms. The van der Waals surface area contributed by atoms with Gasteiger partial charge in [-0.1, -0.05) is 13.8 Å². The lowest BCUT2D eigenvalue weighted by atomic mass is 9.98. The molecule has 0 aliphatic rings. The zero-order valence-corrected chi connectivity index (χ0v) is 10.2. The normalized spacial score (nSPS) is 13.1. The Morgan fingerprint density at radius 3 is 2.14 bits per heavy atom. The number of nitrogens with two attached hydrogens (primary N) is 1. The topological polar surface area (TPSA) is 72.2 Å². The summed E-state index contributed by atoms with van der Waals surface area (Å²) < 4.78 is 25.8. The van der Waals surface area contributed by atoms with Crippen LogP contribution in [-0.4, -0.2) is 26.3 Å². The Kier molecular flexibility index (Phi) is 5.63. The third-order valence-corrected chi connectivity index (χ3v) is 4.21. The smallest absolute Gasteiger partial charge is 0.212 e. The van der Waals surface area contributed by atoms with Crippen LogP contribution in [0.5, 0.6) is 0 Å². The summed E-state index contributed by atoms with van der Waals surface area (Å²) in [5.74, 6) is 0.124. The summed E-state index contributed by atoms with van der Waals surface area (Å²) in [7, 11) is -3.16. The minimum Gasteiger partial charge on any atom is -0.330 e. The van der Waals surface area contributed by atoms with Gasteiger partial charge < -0.3 is 5.73 Å². The van der Waals surface area contributed by atoms with E-state index in [2.05, 4.69) is 4.72 Å². The van der Waals surface area contributed by atoms with Gasteiger partial charge >= 0.3 is 0 Å². The van der Waals surface area contributed by atoms with E-state index in [0.29, 0.717) is 13.0 Å². The molecule has 0 atom stereocenters. The van der Waals surface area contributed by atoms with Crippen LogP contribution in [0.4, 0.5) is 0 Å². The van der Waals surface area contributed by atoms with Gasteiger partial charge in [-0.15, -0.1) is 0 Å². The van der Waals surface area contributed by atoms with Crippen LogP contribution >= 0.6 is 0 Å². The number of rotatable bonds is 7. The van der Waals surface area contributed by atoms with Gasteiger partial charge in [0, 0.05) is 5.54 Å². The summed E-state index contributed by atoms with van der Waals surface area (Å²) in [6, 6.07) is 0. The van der Waals surface area contributed by atoms with Crippen molar-refractivity contribution in [1.82, 2.24) is 4.72 Å². The van der Waals surface area contributed by atoms with E-state index >= 15 is 0 Å². The number of nitrogens with one attached hydrogen (secondary N) is 1. The first-order valence-corrected chi connectivity index (χ1v) is 6.76. The van der Waals surface area contributed by atoms with E-state index in [9.17, 15) is 8.42 Å². The lowest BCUT2D eigenvalue weighted by Crippen LogP contribution is -2.45. The third-order valence-electron chi connectivity index (χ3n) is 2.58. The number of hydrogen-bond acceptors (Lipinski definition) is 3. The van der Waals surface area contributed by atoms with Crippen molar-refractivity contribution in [1.29, 1.82) is 0 Å². The van der Waals surface area contributed by atoms with E-state index in [1.807, 2.05) is 20.8 Å². The highest BCUT2D eigenvalue weighted by atomic mass is 32.2. The van der Waals surface area contributed by atoms with Crippen molar-refractivity contribution in [3.8, 4) is 0 Å². The molecule has 4 nitrogen and oxygen atoms in total. The lowest BCUT2D eigenvalue weighted by molar-refractivity contribution is 0.388. The van der Waals surface area contributed by atoms with Gasteiger partial charge in [0.15, 0.2) is 0 Å². The van der Waals surface area contributed by atoms with Crippen molar-refractivity contribution in [3.63, 3.8) is 0 Å². The zero-order chi connectivity index (χ0) is 11.2. The van der Waals surface area contributed by atoms with Gasteiger partial charge in [-0.3, -0.25) is 0 Å². The maximum atomic E-state index is 11.6. The first-order chi connectivity index (χ1) is 6.39. The Hall–Kier alpha value is -0.130. The fraction of sp³-hybridized carbons (Fsp3) is 1.00. The predicted octanol–water partition coefficient (Wildman–Crippen LogP) is 0.833. The molecule has 0 aromatic rings. The first kappa shape index (κ1) is 13.9. The molecule has 5 heteroatoms. The van der Waals surface area contributed by atoms with Crippen molar-refractivity contribution in [2.75, 3.05) is 12.3 Å². The average molecular weight is 222 g/mol. The van der Waals surface area contributed by atoms with Crippen molar-refractivity contribution in [3.05, 3.63) is 0 Å². The fourth-order valence-corrected chi connectivity index (χ4v) is 2.78. The van der Waals surface area contributed by atoms with Crippen LogP contribution in [0.15, 0.2) is 0 Å². The van der Waals surface area contributed by atoms with Gasteiger partial charge in [0.05, 0.1) is 5.75 Å². The van der Waals surface area contributed by atoms with E-state index in [1.54, 1.807) is 0 Å². The fourth-order valence-electron chi connectivity index (χ4n) is 1.09. The molecule has 0 unspecified atom stereocenters. The Morgan fingerprint density at radius 2 is 1.79 bits per heavy atom. The van der Waals surface area contributed by atoms with Gasteiger partial charge in [-0.05, 0) is 32.7 Å². The molecule has 0 spiro atoms. The largest absolute Gasteiger partial charge is 0.330 e. The second kappa shape index (κ2) is 5.68. The molecule has 0 saturated heterocycles. The molecule has 0 aliphatic heterocycles. The molecule has 0 fully saturated rings. The van der Waals surface area contributed by atoms with E-state index in [4.69, 9.17) is 5.73 Å². The van der Waals surface area contributed by atoms with E-state index in [-0.39, 0.29) is 11.3 Å². The summed E-state index contributed by atoms with van der Waals surface area (Å²) in [6.45, 7) is 6.30. The van der Waals surface area contributed by atoms with Crippen LogP contribution in [-0.2, 0) is 10.0 Å². The van der Waals surface area contributed by atoms with Crippen LogP contribution in [0.2, 0.25) is 0 Å². The Morgan fingerprint density at radius 1 is 1.29 bits per heavy atom. The summed E-state index contributed by atoms with van der Waals surface area (Å²) in [5.41, 5.74) is 4.96. The molecule has 0 saturated carbocycles. The monoisotopic (exact) mass is 222 g/mol. The van der Waals surface area contributed by atoms with Crippen LogP contribution in [0.3, 0.4) is 0 Å². The SMILES string of the molecule is CCC(C)(CC)NS(=O)(=O)CCCN. The van der Waals surface area contributed by atoms with Gasteiger partial charge in [0.1, 0.15) is 0 Å². The second-order valence-corrected chi connectivity index (χ2v) is 5.67. The van der Waals surface area contributed by atoms with Crippen molar-refractivity contribution in [2.24, 2.45) is 5.73 Å². The zero-order valence-electron chi connectivity index (χ0n) is 9.34. The van der Waals surface area contributed by atoms with Gasteiger partial charge in [-0.2, -0.15) is 0 Å². The second-order valence-electron chi connectivity index (χ2n) is 3.83. The average Bonchev–Trinajstić information content (AvgIpc) is 2.14. The molecule has 0 aromatic heterocycles. The summed E-state index contributed by atoms with van der Waals surface area (Å²) in [5, 5.41) is 0. The minimum atomic E-state index is -3.16. The third kappa shape index (κ3) is 4.93. The van der Waals surface area contributed by atoms with E-state index in [1.165, 1.54) is 0 Å². The lowest BCUT2D eigenvalue weighted by Gasteiger charge is -2.27. The molecular weight excluding hydrogens is 200 g/mol. The standard InChI is InChI=1S/C9H22N2O2S/c1-4-9(3,5-2)11-14(12,13)8-6-7-10/h11H,4-8,10H2,1-3H3. The van der Waals surface area contributed by atoms with Gasteiger partial charge in [-0.25, -0.2) is 13.1 Å². The predicted molar refractivity (Wildman–Crippen MR) is 59.6 cm³/mol. The molecule has 0 amide bonds. The highest BCUT2D eigenvalue weighted by Crippen LogP contribution is 2.15. The Bertz CT molecular complexity index is 246. The Labute approximate surface area is 87.3 Å². The summed E-state index contributed by atoms with van der Waals surface area (Å²) >= 11 is 0. The molecule has 0 radical (unpaired) electrons. The Balaban J connectivity index is 4.33. The van der Waals surface area contributed by atoms with Crippen LogP contribution < -0.4 is 10.5 Å². The van der Waals surface area contributed by atoms with E-state index in [0.717, 1.165) is 12.8 Å². The van der Waals surface area contributed by atoms with E-state index < -0.39 is 10.0 Å². The van der Waals surface area contributed by atoms with Crippen LogP contribution in [0.1, 0.15) is 40.0 Å². The van der Waals surface area contributed by atoms with Crippen molar-refractivity contribution in [2.45, 2.75) is 45.6 Å². The van der Waals surface area contributed by atoms with Crippen molar-refractivity contribution >= 4 is 10.0 Å². The minimum absolute atomic E-state index is 0.124. The molecule has 86 valence electrons. The molecule has 0 aliphatic carbocycles. The molecule has 0 bridgehead atoms. The maximum absolute atomic E-state index is 11.6. The van der Waals surface area contributed by atoms with Crippen LogP contribution in [0.25, 0.3) is 0 Å². The first-order valence-electron chi connectivity index (χ1n) is 5.11. The number of hydrogen-bond donors (Lipinski definition) is 2. The summed E-state index contributed by atoms with van der Waals surface area (Å²) in [6.07, 6.45) is 2.11. The van der Waals surface area contributed by atoms with Gasteiger partial charge in [0.25, 0.3) is 0 Å².